The minimum atomic E-state index is -5.15. The average molecular weight is 486 g/mol. The number of nitrogens with zero attached hydrogens (tertiary/aromatic N) is 2. The van der Waals surface area contributed by atoms with E-state index in [0.717, 1.165) is 12.3 Å². The number of furan rings is 1. The van der Waals surface area contributed by atoms with E-state index in [1.54, 1.807) is 6.92 Å². The molecule has 1 fully saturated rings. The lowest BCUT2D eigenvalue weighted by atomic mass is 10.2. The summed E-state index contributed by atoms with van der Waals surface area (Å²) in [6, 6.07) is 2.41. The summed E-state index contributed by atoms with van der Waals surface area (Å²) in [4.78, 5) is 38.1. The van der Waals surface area contributed by atoms with Crippen LogP contribution in [0.15, 0.2) is 38.6 Å². The number of hydrogen-bond donors (Lipinski definition) is 0. The molecule has 2 aromatic heterocycles. The number of rotatable bonds is 8. The first-order valence-electron chi connectivity index (χ1n) is 9.96. The number of hydrogen-bond acceptors (Lipinski definition) is 8. The van der Waals surface area contributed by atoms with Gasteiger partial charge in [-0.05, 0) is 19.1 Å². The topological polar surface area (TPSA) is 111 Å². The number of aromatic nitrogens is 2. The molecule has 0 amide bonds. The van der Waals surface area contributed by atoms with Crippen molar-refractivity contribution >= 4 is 5.91 Å². The third-order valence-electron chi connectivity index (χ3n) is 4.87. The maximum atomic E-state index is 13.6. The predicted octanol–water partition coefficient (Wildman–Crippen LogP) is 1.63. The Hall–Kier alpha value is -3.18. The van der Waals surface area contributed by atoms with Crippen molar-refractivity contribution in [2.24, 2.45) is 0 Å². The highest BCUT2D eigenvalue weighted by Crippen LogP contribution is 2.32. The summed E-state index contributed by atoms with van der Waals surface area (Å²) in [5.74, 6) is 3.51. The molecule has 0 saturated carbocycles. The fourth-order valence-corrected chi connectivity index (χ4v) is 3.33. The summed E-state index contributed by atoms with van der Waals surface area (Å²) in [6.07, 6.45) is -6.59. The second-order valence-corrected chi connectivity index (χ2v) is 7.07. The van der Waals surface area contributed by atoms with E-state index in [1.165, 1.54) is 13.2 Å². The van der Waals surface area contributed by atoms with Crippen molar-refractivity contribution in [1.29, 1.82) is 0 Å². The van der Waals surface area contributed by atoms with Crippen LogP contribution in [-0.2, 0) is 25.1 Å². The molecule has 0 radical (unpaired) electrons. The second-order valence-electron chi connectivity index (χ2n) is 7.07. The lowest BCUT2D eigenvalue weighted by molar-refractivity contribution is -0.140. The molecule has 1 aliphatic rings. The molecule has 0 aliphatic carbocycles. The Kier molecular flexibility index (Phi) is 8.11. The van der Waals surface area contributed by atoms with Gasteiger partial charge in [-0.1, -0.05) is 5.92 Å². The third kappa shape index (κ3) is 5.48. The third-order valence-corrected chi connectivity index (χ3v) is 4.87. The summed E-state index contributed by atoms with van der Waals surface area (Å²) >= 11 is 0. The molecule has 10 nitrogen and oxygen atoms in total. The number of carbonyl (C=O) groups is 1. The highest BCUT2D eigenvalue weighted by atomic mass is 19.4. The van der Waals surface area contributed by atoms with Gasteiger partial charge >= 0.3 is 17.8 Å². The summed E-state index contributed by atoms with van der Waals surface area (Å²) in [6.45, 7) is 1.48. The molecule has 34 heavy (non-hydrogen) atoms. The zero-order valence-corrected chi connectivity index (χ0v) is 18.2. The first kappa shape index (κ1) is 25.4. The van der Waals surface area contributed by atoms with Crippen LogP contribution in [-0.4, -0.2) is 54.4 Å². The largest absolute Gasteiger partial charge is 0.459 e. The Bertz CT molecular complexity index is 1170. The lowest BCUT2D eigenvalue weighted by Crippen LogP contribution is -2.47. The van der Waals surface area contributed by atoms with Crippen molar-refractivity contribution in [2.75, 3.05) is 27.1 Å². The number of ether oxygens (including phenoxy) is 4. The van der Waals surface area contributed by atoms with Crippen LogP contribution >= 0.6 is 0 Å². The Morgan fingerprint density at radius 3 is 2.71 bits per heavy atom. The molecule has 0 bridgehead atoms. The molecule has 2 aromatic rings. The van der Waals surface area contributed by atoms with Crippen molar-refractivity contribution in [3.8, 4) is 11.8 Å². The van der Waals surface area contributed by atoms with Gasteiger partial charge in [-0.15, -0.1) is 5.92 Å². The summed E-state index contributed by atoms with van der Waals surface area (Å²) in [5.41, 5.74) is -4.86. The van der Waals surface area contributed by atoms with Crippen LogP contribution in [0.2, 0.25) is 0 Å². The first-order valence-corrected chi connectivity index (χ1v) is 9.96. The van der Waals surface area contributed by atoms with Crippen LogP contribution in [0.5, 0.6) is 0 Å². The number of carbonyl (C=O) groups excluding carboxylic acids is 1. The second kappa shape index (κ2) is 10.8. The summed E-state index contributed by atoms with van der Waals surface area (Å²) < 4.78 is 67.6. The van der Waals surface area contributed by atoms with Gasteiger partial charge in [0.15, 0.2) is 5.76 Å². The zero-order valence-electron chi connectivity index (χ0n) is 18.2. The first-order chi connectivity index (χ1) is 16.2. The molecule has 3 heterocycles. The fraction of sp³-hybridized carbons (Fsp3) is 0.476. The molecular formula is C21H21F3N2O8. The highest BCUT2D eigenvalue weighted by Gasteiger charge is 2.42. The van der Waals surface area contributed by atoms with Crippen molar-refractivity contribution in [2.45, 2.75) is 38.0 Å². The van der Waals surface area contributed by atoms with Crippen molar-refractivity contribution in [3.63, 3.8) is 0 Å². The van der Waals surface area contributed by atoms with Crippen LogP contribution in [0.25, 0.3) is 0 Å². The van der Waals surface area contributed by atoms with E-state index in [4.69, 9.17) is 23.4 Å². The molecule has 13 heteroatoms. The number of alkyl halides is 3. The van der Waals surface area contributed by atoms with Gasteiger partial charge in [-0.3, -0.25) is 14.2 Å². The summed E-state index contributed by atoms with van der Waals surface area (Å²) in [7, 11) is 1.40. The van der Waals surface area contributed by atoms with Gasteiger partial charge in [-0.25, -0.2) is 4.79 Å². The van der Waals surface area contributed by atoms with Crippen LogP contribution in [0.3, 0.4) is 0 Å². The Balaban J connectivity index is 2.04. The standard InChI is InChI=1S/C21H21F3N2O8/c1-3-4-7-33-15-9-17(34-16(15)11-31-12-30-2)25-10-13(21(22,23)24)18(27)26(20(25)29)19(28)14-6-5-8-32-14/h5-6,8,10,15-17H,7,9,11-12H2,1-2H3/t15-,16+,17+/m0/s1. The van der Waals surface area contributed by atoms with Gasteiger partial charge in [0.25, 0.3) is 5.56 Å². The summed E-state index contributed by atoms with van der Waals surface area (Å²) in [5, 5.41) is 0. The van der Waals surface area contributed by atoms with Crippen LogP contribution in [0, 0.1) is 11.8 Å². The predicted molar refractivity (Wildman–Crippen MR) is 108 cm³/mol. The monoisotopic (exact) mass is 486 g/mol. The van der Waals surface area contributed by atoms with Crippen molar-refractivity contribution in [1.82, 2.24) is 9.13 Å². The Morgan fingerprint density at radius 2 is 2.09 bits per heavy atom. The highest BCUT2D eigenvalue weighted by molar-refractivity contribution is 5.93. The van der Waals surface area contributed by atoms with Crippen LogP contribution < -0.4 is 11.2 Å². The van der Waals surface area contributed by atoms with Crippen LogP contribution in [0.4, 0.5) is 13.2 Å². The molecule has 1 saturated heterocycles. The molecule has 0 aromatic carbocycles. The fourth-order valence-electron chi connectivity index (χ4n) is 3.33. The average Bonchev–Trinajstić information content (AvgIpc) is 3.44. The molecule has 184 valence electrons. The Morgan fingerprint density at radius 1 is 1.32 bits per heavy atom. The van der Waals surface area contributed by atoms with Gasteiger partial charge < -0.3 is 23.4 Å². The van der Waals surface area contributed by atoms with E-state index in [0.29, 0.717) is 10.8 Å². The van der Waals surface area contributed by atoms with E-state index >= 15 is 0 Å². The van der Waals surface area contributed by atoms with Gasteiger partial charge in [0.2, 0.25) is 0 Å². The number of halogens is 3. The van der Waals surface area contributed by atoms with E-state index in [1.807, 2.05) is 0 Å². The van der Waals surface area contributed by atoms with Crippen molar-refractivity contribution < 1.29 is 41.3 Å². The zero-order chi connectivity index (χ0) is 24.9. The van der Waals surface area contributed by atoms with E-state index in [2.05, 4.69) is 11.8 Å². The van der Waals surface area contributed by atoms with E-state index in [-0.39, 0.29) is 31.0 Å². The minimum Gasteiger partial charge on any atom is -0.459 e. The quantitative estimate of drug-likeness (QED) is 0.315. The van der Waals surface area contributed by atoms with Gasteiger partial charge in [0.05, 0.1) is 19.0 Å². The lowest BCUT2D eigenvalue weighted by Gasteiger charge is -2.19. The minimum absolute atomic E-state index is 0.0111. The molecule has 1 aliphatic heterocycles. The molecule has 0 unspecified atom stereocenters. The van der Waals surface area contributed by atoms with Crippen molar-refractivity contribution in [3.05, 3.63) is 56.8 Å². The molecule has 3 atom stereocenters. The molecule has 0 N–H and O–H groups in total. The van der Waals surface area contributed by atoms with Gasteiger partial charge in [-0.2, -0.15) is 17.7 Å². The van der Waals surface area contributed by atoms with Gasteiger partial charge in [0, 0.05) is 19.7 Å². The maximum Gasteiger partial charge on any atom is 0.423 e. The van der Waals surface area contributed by atoms with E-state index in [9.17, 15) is 27.6 Å². The molecular weight excluding hydrogens is 465 g/mol. The normalized spacial score (nSPS) is 20.2. The Labute approximate surface area is 190 Å². The maximum absolute atomic E-state index is 13.6. The van der Waals surface area contributed by atoms with E-state index < -0.39 is 53.1 Å². The SMILES string of the molecule is CC#CCO[C@H]1C[C@H](n2cc(C(F)(F)F)c(=O)n(C(=O)c3ccco3)c2=O)O[C@@H]1COCOC. The smallest absolute Gasteiger partial charge is 0.423 e. The molecule has 0 spiro atoms. The van der Waals surface area contributed by atoms with Crippen LogP contribution in [0.1, 0.15) is 35.7 Å². The van der Waals surface area contributed by atoms with Gasteiger partial charge in [0.1, 0.15) is 31.3 Å². The number of methoxy groups -OCH3 is 1. The molecule has 3 rings (SSSR count).